The third-order valence-electron chi connectivity index (χ3n) is 3.69. The van der Waals surface area contributed by atoms with Crippen LogP contribution < -0.4 is 20.1 Å². The van der Waals surface area contributed by atoms with E-state index in [1.54, 1.807) is 68.8 Å². The van der Waals surface area contributed by atoms with Crippen molar-refractivity contribution in [2.45, 2.75) is 0 Å². The van der Waals surface area contributed by atoms with E-state index in [1.165, 1.54) is 6.08 Å². The number of carbonyl (C=O) groups is 2. The van der Waals surface area contributed by atoms with E-state index in [-0.39, 0.29) is 11.8 Å². The first-order valence-corrected chi connectivity index (χ1v) is 8.28. The molecule has 2 amide bonds. The molecule has 6 nitrogen and oxygen atoms in total. The maximum Gasteiger partial charge on any atom is 0.253 e. The molecule has 0 aliphatic rings. The molecular weight excluding hydrogens is 344 g/mol. The molecule has 0 saturated carbocycles. The third kappa shape index (κ3) is 5.47. The van der Waals surface area contributed by atoms with Crippen LogP contribution in [0.3, 0.4) is 0 Å². The third-order valence-corrected chi connectivity index (χ3v) is 3.69. The van der Waals surface area contributed by atoms with Crippen molar-refractivity contribution < 1.29 is 19.1 Å². The molecule has 6 heteroatoms. The first kappa shape index (κ1) is 19.8. The van der Waals surface area contributed by atoms with Crippen molar-refractivity contribution in [3.05, 3.63) is 72.3 Å². The van der Waals surface area contributed by atoms with E-state index in [1.807, 2.05) is 0 Å². The Morgan fingerprint density at radius 2 is 1.89 bits per heavy atom. The van der Waals surface area contributed by atoms with Gasteiger partial charge in [0.25, 0.3) is 5.91 Å². The number of amides is 2. The number of methoxy groups -OCH3 is 2. The van der Waals surface area contributed by atoms with E-state index in [0.29, 0.717) is 29.3 Å². The lowest BCUT2D eigenvalue weighted by Crippen LogP contribution is -2.24. The maximum atomic E-state index is 12.3. The smallest absolute Gasteiger partial charge is 0.253 e. The van der Waals surface area contributed by atoms with Crippen molar-refractivity contribution in [1.82, 2.24) is 5.32 Å². The second kappa shape index (κ2) is 9.82. The van der Waals surface area contributed by atoms with Crippen LogP contribution in [0, 0.1) is 0 Å². The summed E-state index contributed by atoms with van der Waals surface area (Å²) in [5, 5.41) is 5.41. The van der Waals surface area contributed by atoms with Crippen LogP contribution >= 0.6 is 0 Å². The zero-order valence-electron chi connectivity index (χ0n) is 15.3. The minimum atomic E-state index is -0.364. The summed E-state index contributed by atoms with van der Waals surface area (Å²) in [6.45, 7) is 3.91. The van der Waals surface area contributed by atoms with Crippen molar-refractivity contribution in [2.24, 2.45) is 0 Å². The fraction of sp³-hybridized carbons (Fsp3) is 0.143. The number of hydrogen-bond acceptors (Lipinski definition) is 4. The Balaban J connectivity index is 2.13. The minimum Gasteiger partial charge on any atom is -0.497 e. The highest BCUT2D eigenvalue weighted by Gasteiger charge is 2.11. The Morgan fingerprint density at radius 1 is 1.11 bits per heavy atom. The summed E-state index contributed by atoms with van der Waals surface area (Å²) in [7, 11) is 3.12. The summed E-state index contributed by atoms with van der Waals surface area (Å²) in [5.41, 5.74) is 1.53. The van der Waals surface area contributed by atoms with E-state index in [0.717, 1.165) is 5.56 Å². The Hall–Kier alpha value is -3.54. The molecular formula is C21H22N2O4. The van der Waals surface area contributed by atoms with Crippen LogP contribution in [0.5, 0.6) is 11.5 Å². The normalized spacial score (nSPS) is 10.3. The monoisotopic (exact) mass is 366 g/mol. The number of ether oxygens (including phenoxy) is 2. The van der Waals surface area contributed by atoms with Gasteiger partial charge in [-0.2, -0.15) is 0 Å². The van der Waals surface area contributed by atoms with Gasteiger partial charge in [0.1, 0.15) is 11.5 Å². The number of anilines is 1. The van der Waals surface area contributed by atoms with Gasteiger partial charge in [0.2, 0.25) is 5.91 Å². The molecule has 27 heavy (non-hydrogen) atoms. The zero-order chi connectivity index (χ0) is 19.6. The van der Waals surface area contributed by atoms with Gasteiger partial charge in [0, 0.05) is 24.3 Å². The Morgan fingerprint density at radius 3 is 2.59 bits per heavy atom. The molecule has 2 rings (SSSR count). The summed E-state index contributed by atoms with van der Waals surface area (Å²) < 4.78 is 10.5. The first-order valence-electron chi connectivity index (χ1n) is 8.28. The summed E-state index contributed by atoms with van der Waals surface area (Å²) >= 11 is 0. The van der Waals surface area contributed by atoms with Crippen LogP contribution in [-0.4, -0.2) is 32.6 Å². The van der Waals surface area contributed by atoms with Gasteiger partial charge in [-0.25, -0.2) is 0 Å². The van der Waals surface area contributed by atoms with Gasteiger partial charge in [0.05, 0.1) is 25.5 Å². The summed E-state index contributed by atoms with van der Waals surface area (Å²) in [6, 6.07) is 12.1. The number of carbonyl (C=O) groups excluding carboxylic acids is 2. The second-order valence-corrected chi connectivity index (χ2v) is 5.47. The molecule has 0 fully saturated rings. The summed E-state index contributed by atoms with van der Waals surface area (Å²) in [4.78, 5) is 24.5. The molecule has 2 aromatic rings. The molecule has 0 unspecified atom stereocenters. The lowest BCUT2D eigenvalue weighted by atomic mass is 10.1. The van der Waals surface area contributed by atoms with E-state index in [2.05, 4.69) is 17.2 Å². The van der Waals surface area contributed by atoms with Gasteiger partial charge in [-0.1, -0.05) is 18.2 Å². The van der Waals surface area contributed by atoms with Crippen molar-refractivity contribution >= 4 is 23.6 Å². The van der Waals surface area contributed by atoms with Crippen LogP contribution in [0.4, 0.5) is 5.69 Å². The van der Waals surface area contributed by atoms with E-state index >= 15 is 0 Å². The molecule has 0 radical (unpaired) electrons. The van der Waals surface area contributed by atoms with E-state index < -0.39 is 0 Å². The molecule has 0 aliphatic carbocycles. The van der Waals surface area contributed by atoms with E-state index in [9.17, 15) is 9.59 Å². The Labute approximate surface area is 158 Å². The number of benzene rings is 2. The van der Waals surface area contributed by atoms with Crippen LogP contribution in [0.25, 0.3) is 6.08 Å². The van der Waals surface area contributed by atoms with Crippen LogP contribution in [0.1, 0.15) is 15.9 Å². The second-order valence-electron chi connectivity index (χ2n) is 5.47. The number of para-hydroxylation sites is 1. The van der Waals surface area contributed by atoms with Crippen molar-refractivity contribution in [3.63, 3.8) is 0 Å². The SMILES string of the molecule is C=CCNC(=O)c1ccccc1NC(=O)/C=C/c1ccc(OC)cc1OC. The highest BCUT2D eigenvalue weighted by atomic mass is 16.5. The number of nitrogens with one attached hydrogen (secondary N) is 2. The van der Waals surface area contributed by atoms with Crippen LogP contribution in [0.15, 0.2) is 61.2 Å². The molecule has 0 bridgehead atoms. The van der Waals surface area contributed by atoms with Gasteiger partial charge < -0.3 is 20.1 Å². The lowest BCUT2D eigenvalue weighted by Gasteiger charge is -2.10. The lowest BCUT2D eigenvalue weighted by molar-refractivity contribution is -0.111. The highest BCUT2D eigenvalue weighted by molar-refractivity contribution is 6.07. The summed E-state index contributed by atoms with van der Waals surface area (Å²) in [5.74, 6) is 0.596. The Bertz CT molecular complexity index is 859. The van der Waals surface area contributed by atoms with Crippen LogP contribution in [0.2, 0.25) is 0 Å². The van der Waals surface area contributed by atoms with Gasteiger partial charge in [0.15, 0.2) is 0 Å². The molecule has 0 atom stereocenters. The van der Waals surface area contributed by atoms with Gasteiger partial charge in [-0.05, 0) is 30.3 Å². The van der Waals surface area contributed by atoms with Crippen molar-refractivity contribution in [1.29, 1.82) is 0 Å². The largest absolute Gasteiger partial charge is 0.497 e. The van der Waals surface area contributed by atoms with Crippen LogP contribution in [-0.2, 0) is 4.79 Å². The topological polar surface area (TPSA) is 76.7 Å². The fourth-order valence-corrected chi connectivity index (χ4v) is 2.35. The first-order chi connectivity index (χ1) is 13.1. The predicted octanol–water partition coefficient (Wildman–Crippen LogP) is 3.27. The molecule has 2 N–H and O–H groups in total. The van der Waals surface area contributed by atoms with Gasteiger partial charge >= 0.3 is 0 Å². The summed E-state index contributed by atoms with van der Waals surface area (Å²) in [6.07, 6.45) is 4.60. The maximum absolute atomic E-state index is 12.3. The average Bonchev–Trinajstić information content (AvgIpc) is 2.70. The Kier molecular flexibility index (Phi) is 7.19. The minimum absolute atomic E-state index is 0.286. The average molecular weight is 366 g/mol. The molecule has 140 valence electrons. The predicted molar refractivity (Wildman–Crippen MR) is 106 cm³/mol. The fourth-order valence-electron chi connectivity index (χ4n) is 2.35. The molecule has 0 heterocycles. The highest BCUT2D eigenvalue weighted by Crippen LogP contribution is 2.25. The molecule has 0 saturated heterocycles. The molecule has 0 aliphatic heterocycles. The van der Waals surface area contributed by atoms with Crippen molar-refractivity contribution in [2.75, 3.05) is 26.1 Å². The number of hydrogen-bond donors (Lipinski definition) is 2. The zero-order valence-corrected chi connectivity index (χ0v) is 15.3. The van der Waals surface area contributed by atoms with Gasteiger partial charge in [-0.15, -0.1) is 6.58 Å². The molecule has 2 aromatic carbocycles. The van der Waals surface area contributed by atoms with Crippen molar-refractivity contribution in [3.8, 4) is 11.5 Å². The van der Waals surface area contributed by atoms with E-state index in [4.69, 9.17) is 9.47 Å². The molecule has 0 aromatic heterocycles. The van der Waals surface area contributed by atoms with Gasteiger partial charge in [-0.3, -0.25) is 9.59 Å². The number of rotatable bonds is 8. The molecule has 0 spiro atoms. The standard InChI is InChI=1S/C21H22N2O4/c1-4-13-22-21(25)17-7-5-6-8-18(17)23-20(24)12-10-15-9-11-16(26-2)14-19(15)27-3/h4-12,14H,1,13H2,2-3H3,(H,22,25)(H,23,24)/b12-10+. The quantitative estimate of drug-likeness (QED) is 0.555.